The number of aliphatic hydroxyl groups excluding tert-OH is 1. The molecular weight excluding hydrogens is 399 g/mol. The number of aliphatic carboxylic acids is 1. The molecule has 1 aliphatic rings. The maximum absolute atomic E-state index is 12.8. The summed E-state index contributed by atoms with van der Waals surface area (Å²) in [6.07, 6.45) is -6.08. The van der Waals surface area contributed by atoms with Crippen molar-refractivity contribution in [1.82, 2.24) is 20.0 Å². The van der Waals surface area contributed by atoms with Crippen molar-refractivity contribution < 1.29 is 37.7 Å². The number of alkyl halides is 3. The summed E-state index contributed by atoms with van der Waals surface area (Å²) in [4.78, 5) is 24.8. The summed E-state index contributed by atoms with van der Waals surface area (Å²) in [6, 6.07) is 2.10. The molecule has 1 aliphatic heterocycles. The molecule has 3 heterocycles. The molecule has 0 radical (unpaired) electrons. The molecular formula is C16H16F3N5O5. The predicted molar refractivity (Wildman–Crippen MR) is 89.1 cm³/mol. The van der Waals surface area contributed by atoms with Gasteiger partial charge in [-0.3, -0.25) is 9.69 Å². The van der Waals surface area contributed by atoms with E-state index in [1.165, 1.54) is 12.3 Å². The van der Waals surface area contributed by atoms with Gasteiger partial charge in [0.25, 0.3) is 5.91 Å². The van der Waals surface area contributed by atoms with Gasteiger partial charge in [-0.05, 0) is 19.9 Å². The normalized spacial score (nSPS) is 20.6. The van der Waals surface area contributed by atoms with Crippen LogP contribution >= 0.6 is 0 Å². The quantitative estimate of drug-likeness (QED) is 0.744. The summed E-state index contributed by atoms with van der Waals surface area (Å²) < 4.78 is 45.0. The van der Waals surface area contributed by atoms with Gasteiger partial charge in [0.15, 0.2) is 23.7 Å². The lowest BCUT2D eigenvalue weighted by molar-refractivity contribution is -0.178. The van der Waals surface area contributed by atoms with Crippen molar-refractivity contribution in [2.45, 2.75) is 37.8 Å². The minimum Gasteiger partial charge on any atom is -0.479 e. The van der Waals surface area contributed by atoms with Gasteiger partial charge in [0.05, 0.1) is 24.0 Å². The third-order valence-electron chi connectivity index (χ3n) is 4.08. The zero-order chi connectivity index (χ0) is 21.6. The van der Waals surface area contributed by atoms with E-state index in [9.17, 15) is 27.9 Å². The van der Waals surface area contributed by atoms with Crippen LogP contribution in [0.2, 0.25) is 0 Å². The van der Waals surface area contributed by atoms with Gasteiger partial charge in [-0.15, -0.1) is 10.2 Å². The molecule has 0 bridgehead atoms. The van der Waals surface area contributed by atoms with E-state index < -0.39 is 41.6 Å². The molecule has 2 N–H and O–H groups in total. The van der Waals surface area contributed by atoms with E-state index in [2.05, 4.69) is 15.3 Å². The molecule has 1 amide bonds. The van der Waals surface area contributed by atoms with Crippen LogP contribution in [0.25, 0.3) is 5.69 Å². The largest absolute Gasteiger partial charge is 0.479 e. The molecule has 0 aromatic carbocycles. The first-order chi connectivity index (χ1) is 13.4. The Morgan fingerprint density at radius 2 is 2.10 bits per heavy atom. The van der Waals surface area contributed by atoms with Crippen LogP contribution in [0.1, 0.15) is 19.5 Å². The lowest BCUT2D eigenvalue weighted by atomic mass is 10.0. The van der Waals surface area contributed by atoms with E-state index in [1.54, 1.807) is 13.8 Å². The number of carbonyl (C=O) groups excluding carboxylic acids is 1. The maximum Gasteiger partial charge on any atom is 0.435 e. The van der Waals surface area contributed by atoms with Crippen LogP contribution in [0.5, 0.6) is 0 Å². The van der Waals surface area contributed by atoms with Gasteiger partial charge in [-0.2, -0.15) is 18.3 Å². The van der Waals surface area contributed by atoms with Gasteiger partial charge in [-0.1, -0.05) is 0 Å². The Morgan fingerprint density at radius 3 is 2.72 bits per heavy atom. The summed E-state index contributed by atoms with van der Waals surface area (Å²) in [7, 11) is 0. The topological polar surface area (TPSA) is 131 Å². The van der Waals surface area contributed by atoms with Crippen LogP contribution in [0.4, 0.5) is 19.0 Å². The van der Waals surface area contributed by atoms with Crippen LogP contribution in [-0.2, 0) is 20.5 Å². The number of morpholine rings is 1. The van der Waals surface area contributed by atoms with Gasteiger partial charge >= 0.3 is 12.1 Å². The first kappa shape index (κ1) is 20.7. The average molecular weight is 415 g/mol. The van der Waals surface area contributed by atoms with E-state index in [4.69, 9.17) is 9.84 Å². The molecule has 0 saturated carbocycles. The van der Waals surface area contributed by atoms with E-state index in [0.717, 1.165) is 21.8 Å². The van der Waals surface area contributed by atoms with Crippen LogP contribution in [0.3, 0.4) is 0 Å². The standard InChI is InChI=1S/C16H16F3N5O5/c1-15(2)7-23(13(26)12(29-15)11(25)14(27)28)10-3-4-24(22-10)8-5-9(16(17,18)19)21-20-6-8/h3-6,11-12,25H,7H2,1-2H3,(H,27,28). The van der Waals surface area contributed by atoms with Crippen LogP contribution in [0, 0.1) is 0 Å². The second-order valence-electron chi connectivity index (χ2n) is 6.92. The second kappa shape index (κ2) is 7.08. The second-order valence-corrected chi connectivity index (χ2v) is 6.92. The maximum atomic E-state index is 12.8. The fourth-order valence-electron chi connectivity index (χ4n) is 2.79. The highest BCUT2D eigenvalue weighted by Crippen LogP contribution is 2.30. The summed E-state index contributed by atoms with van der Waals surface area (Å²) in [5.41, 5.74) is -2.26. The van der Waals surface area contributed by atoms with Crippen LogP contribution < -0.4 is 4.90 Å². The van der Waals surface area contributed by atoms with Gasteiger partial charge in [-0.25, -0.2) is 9.48 Å². The summed E-state index contributed by atoms with van der Waals surface area (Å²) in [6.45, 7) is 3.16. The zero-order valence-corrected chi connectivity index (χ0v) is 15.2. The van der Waals surface area contributed by atoms with Gasteiger partial charge in [0, 0.05) is 12.3 Å². The molecule has 2 atom stereocenters. The number of aromatic nitrogens is 4. The summed E-state index contributed by atoms with van der Waals surface area (Å²) >= 11 is 0. The number of anilines is 1. The van der Waals surface area contributed by atoms with E-state index in [1.807, 2.05) is 0 Å². The molecule has 29 heavy (non-hydrogen) atoms. The molecule has 0 spiro atoms. The van der Waals surface area contributed by atoms with Crippen molar-refractivity contribution in [2.24, 2.45) is 0 Å². The number of aliphatic hydroxyl groups is 1. The zero-order valence-electron chi connectivity index (χ0n) is 15.2. The molecule has 0 aliphatic carbocycles. The number of halogens is 3. The molecule has 2 unspecified atom stereocenters. The number of carbonyl (C=O) groups is 2. The molecule has 13 heteroatoms. The highest BCUT2D eigenvalue weighted by atomic mass is 19.4. The summed E-state index contributed by atoms with van der Waals surface area (Å²) in [5.74, 6) is -2.43. The number of rotatable bonds is 4. The molecule has 10 nitrogen and oxygen atoms in total. The number of hydrogen-bond donors (Lipinski definition) is 2. The Kier molecular flexibility index (Phi) is 5.04. The fraction of sp³-hybridized carbons (Fsp3) is 0.438. The van der Waals surface area contributed by atoms with Crippen molar-refractivity contribution in [3.63, 3.8) is 0 Å². The van der Waals surface area contributed by atoms with Gasteiger partial charge in [0.1, 0.15) is 0 Å². The van der Waals surface area contributed by atoms with E-state index in [-0.39, 0.29) is 18.1 Å². The minimum absolute atomic E-state index is 0.0198. The third kappa shape index (κ3) is 4.19. The van der Waals surface area contributed by atoms with E-state index in [0.29, 0.717) is 0 Å². The van der Waals surface area contributed by atoms with Crippen molar-refractivity contribution >= 4 is 17.7 Å². The smallest absolute Gasteiger partial charge is 0.435 e. The molecule has 1 fully saturated rings. The van der Waals surface area contributed by atoms with Gasteiger partial charge in [0.2, 0.25) is 0 Å². The Morgan fingerprint density at radius 1 is 1.41 bits per heavy atom. The summed E-state index contributed by atoms with van der Waals surface area (Å²) in [5, 5.41) is 29.2. The van der Waals surface area contributed by atoms with Crippen LogP contribution in [-0.4, -0.2) is 66.4 Å². The molecule has 2 aromatic heterocycles. The molecule has 1 saturated heterocycles. The lowest BCUT2D eigenvalue weighted by Gasteiger charge is -2.41. The molecule has 156 valence electrons. The predicted octanol–water partition coefficient (Wildman–Crippen LogP) is 0.637. The fourth-order valence-corrected chi connectivity index (χ4v) is 2.79. The number of nitrogens with zero attached hydrogens (tertiary/aromatic N) is 5. The number of ether oxygens (including phenoxy) is 1. The number of carboxylic acids is 1. The minimum atomic E-state index is -4.69. The first-order valence-corrected chi connectivity index (χ1v) is 8.25. The Labute approximate surface area is 161 Å². The van der Waals surface area contributed by atoms with Gasteiger partial charge < -0.3 is 14.9 Å². The Bertz CT molecular complexity index is 945. The first-order valence-electron chi connectivity index (χ1n) is 8.25. The molecule has 3 rings (SSSR count). The monoisotopic (exact) mass is 415 g/mol. The number of hydrogen-bond acceptors (Lipinski definition) is 7. The van der Waals surface area contributed by atoms with Crippen LogP contribution in [0.15, 0.2) is 24.5 Å². The average Bonchev–Trinajstić information content (AvgIpc) is 3.12. The molecule has 2 aromatic rings. The number of amides is 1. The Balaban J connectivity index is 1.93. The Hall–Kier alpha value is -3.06. The highest BCUT2D eigenvalue weighted by Gasteiger charge is 2.46. The highest BCUT2D eigenvalue weighted by molar-refractivity contribution is 5.99. The number of carboxylic acid groups (broad SMARTS) is 1. The SMILES string of the molecule is CC1(C)CN(c2ccn(-c3cnnc(C(F)(F)F)c3)n2)C(=O)C(C(O)C(=O)O)O1. The van der Waals surface area contributed by atoms with E-state index >= 15 is 0 Å². The lowest BCUT2D eigenvalue weighted by Crippen LogP contribution is -2.61. The van der Waals surface area contributed by atoms with Crippen molar-refractivity contribution in [1.29, 1.82) is 0 Å². The van der Waals surface area contributed by atoms with Crippen molar-refractivity contribution in [3.8, 4) is 5.69 Å². The van der Waals surface area contributed by atoms with Crippen molar-refractivity contribution in [2.75, 3.05) is 11.4 Å². The van der Waals surface area contributed by atoms with Crippen molar-refractivity contribution in [3.05, 3.63) is 30.2 Å². The third-order valence-corrected chi connectivity index (χ3v) is 4.08.